The monoisotopic (exact) mass is 957 g/mol. The van der Waals surface area contributed by atoms with Crippen LogP contribution in [0.25, 0.3) is 0 Å². The summed E-state index contributed by atoms with van der Waals surface area (Å²) in [4.78, 5) is 0.293. The van der Waals surface area contributed by atoms with Crippen molar-refractivity contribution < 1.29 is 17.9 Å². The number of halogens is 8. The molecule has 0 heterocycles. The van der Waals surface area contributed by atoms with Crippen molar-refractivity contribution in [3.63, 3.8) is 0 Å². The van der Waals surface area contributed by atoms with E-state index in [0.717, 1.165) is 0 Å². The lowest BCUT2D eigenvalue weighted by atomic mass is 10.3. The molecule has 0 bridgehead atoms. The van der Waals surface area contributed by atoms with E-state index in [-0.39, 0.29) is 29.5 Å². The molecule has 172 valence electrons. The molecule has 0 amide bonds. The van der Waals surface area contributed by atoms with Crippen LogP contribution >= 0.6 is 127 Å². The number of sulfone groups is 1. The van der Waals surface area contributed by atoms with Crippen molar-refractivity contribution in [1.29, 1.82) is 0 Å². The molecule has 0 saturated carbocycles. The predicted octanol–water partition coefficient (Wildman–Crippen LogP) is 9.34. The molecular weight excluding hydrogens is 951 g/mol. The van der Waals surface area contributed by atoms with Crippen molar-refractivity contribution in [1.82, 2.24) is 0 Å². The van der Waals surface area contributed by atoms with Crippen LogP contribution in [0.5, 0.6) is 11.5 Å². The largest absolute Gasteiger partial charge is 0.476 e. The summed E-state index contributed by atoms with van der Waals surface area (Å²) in [6.45, 7) is 3.86. The topological polar surface area (TPSA) is 52.6 Å². The number of alkyl halides is 4. The second-order valence-electron chi connectivity index (χ2n) is 6.23. The van der Waals surface area contributed by atoms with Crippen LogP contribution < -0.4 is 9.47 Å². The highest BCUT2D eigenvalue weighted by Gasteiger charge is 2.26. The predicted molar refractivity (Wildman–Crippen MR) is 153 cm³/mol. The molecule has 13 heteroatoms. The summed E-state index contributed by atoms with van der Waals surface area (Å²) in [6.07, 6.45) is 0. The average Bonchev–Trinajstić information content (AvgIpc) is 2.66. The van der Waals surface area contributed by atoms with Crippen LogP contribution in [0.15, 0.2) is 51.9 Å². The van der Waals surface area contributed by atoms with E-state index < -0.39 is 9.84 Å². The maximum Gasteiger partial charge on any atom is 0.206 e. The number of hydrogen-bond donors (Lipinski definition) is 0. The van der Waals surface area contributed by atoms with E-state index in [1.165, 1.54) is 24.3 Å². The van der Waals surface area contributed by atoms with Gasteiger partial charge in [-0.2, -0.15) is 0 Å². The van der Waals surface area contributed by atoms with Crippen molar-refractivity contribution in [2.24, 2.45) is 0 Å². The lowest BCUT2D eigenvalue weighted by Crippen LogP contribution is -2.18. The van der Waals surface area contributed by atoms with Gasteiger partial charge in [0.15, 0.2) is 10.0 Å². The molecule has 0 radical (unpaired) electrons. The Labute approximate surface area is 248 Å². The molecule has 2 aromatic carbocycles. The van der Waals surface area contributed by atoms with Crippen LogP contribution in [0.1, 0.15) is 13.8 Å². The Kier molecular flexibility index (Phi) is 11.4. The molecule has 0 aliphatic carbocycles. The van der Waals surface area contributed by atoms with Crippen molar-refractivity contribution in [2.75, 3.05) is 0 Å². The van der Waals surface area contributed by atoms with Crippen LogP contribution in [0.4, 0.5) is 0 Å². The van der Waals surface area contributed by atoms with Crippen LogP contribution in [0, 0.1) is 0 Å². The zero-order valence-electron chi connectivity index (χ0n) is 15.7. The second kappa shape index (κ2) is 12.2. The smallest absolute Gasteiger partial charge is 0.206 e. The SMILES string of the molecule is CC(Br)C(Br)Oc1c(Br)cc(S(=O)(=O)c2cc(Br)c(OC(Br)C(C)Br)c(Br)c2)cc1Br. The first kappa shape index (κ1) is 29.1. The van der Waals surface area contributed by atoms with Gasteiger partial charge in [0.2, 0.25) is 9.84 Å². The lowest BCUT2D eigenvalue weighted by molar-refractivity contribution is 0.293. The van der Waals surface area contributed by atoms with Crippen LogP contribution in [0.3, 0.4) is 0 Å². The fourth-order valence-electron chi connectivity index (χ4n) is 2.16. The Morgan fingerprint density at radius 1 is 0.645 bits per heavy atom. The zero-order valence-corrected chi connectivity index (χ0v) is 29.2. The van der Waals surface area contributed by atoms with Crippen LogP contribution in [0.2, 0.25) is 0 Å². The van der Waals surface area contributed by atoms with Gasteiger partial charge in [-0.1, -0.05) is 31.9 Å². The molecule has 2 aromatic rings. The van der Waals surface area contributed by atoms with Gasteiger partial charge in [0.25, 0.3) is 0 Å². The van der Waals surface area contributed by atoms with E-state index in [0.29, 0.717) is 29.4 Å². The van der Waals surface area contributed by atoms with E-state index in [2.05, 4.69) is 127 Å². The summed E-state index contributed by atoms with van der Waals surface area (Å²) in [5, 5.41) is -0.606. The standard InChI is InChI=1S/C18H14Br8O4S/c1-7(19)17(25)29-15-11(21)3-9(4-12(15)22)31(27,28)10-5-13(23)16(14(24)6-10)30-18(26)8(2)20/h3-8,17-18H,1-2H3. The normalized spacial score (nSPS) is 15.8. The van der Waals surface area contributed by atoms with Gasteiger partial charge in [0.05, 0.1) is 37.3 Å². The van der Waals surface area contributed by atoms with Crippen molar-refractivity contribution in [2.45, 2.75) is 43.3 Å². The minimum Gasteiger partial charge on any atom is -0.476 e. The van der Waals surface area contributed by atoms with Crippen molar-refractivity contribution in [3.05, 3.63) is 42.2 Å². The van der Waals surface area contributed by atoms with Crippen molar-refractivity contribution in [3.8, 4) is 11.5 Å². The Bertz CT molecular complexity index is 935. The first-order valence-corrected chi connectivity index (χ1v) is 16.7. The first-order chi connectivity index (χ1) is 14.2. The Morgan fingerprint density at radius 3 is 1.13 bits per heavy atom. The Balaban J connectivity index is 2.46. The Hall–Kier alpha value is 1.83. The summed E-state index contributed by atoms with van der Waals surface area (Å²) in [7, 11) is -3.83. The summed E-state index contributed by atoms with van der Waals surface area (Å²) < 4.78 is 40.4. The Morgan fingerprint density at radius 2 is 0.903 bits per heavy atom. The van der Waals surface area contributed by atoms with Gasteiger partial charge in [-0.15, -0.1) is 0 Å². The van der Waals surface area contributed by atoms with Gasteiger partial charge in [-0.25, -0.2) is 8.42 Å². The van der Waals surface area contributed by atoms with Gasteiger partial charge >= 0.3 is 0 Å². The number of rotatable bonds is 8. The molecular formula is C18H14Br8O4S. The fourth-order valence-corrected chi connectivity index (χ4v) is 7.46. The second-order valence-corrected chi connectivity index (χ2v) is 16.3. The number of hydrogen-bond acceptors (Lipinski definition) is 4. The molecule has 0 aromatic heterocycles. The highest BCUT2D eigenvalue weighted by atomic mass is 79.9. The van der Waals surface area contributed by atoms with Crippen LogP contribution in [-0.4, -0.2) is 28.1 Å². The van der Waals surface area contributed by atoms with Gasteiger partial charge in [-0.05, 0) is 134 Å². The quantitative estimate of drug-likeness (QED) is 0.248. The third kappa shape index (κ3) is 7.41. The molecule has 4 atom stereocenters. The highest BCUT2D eigenvalue weighted by molar-refractivity contribution is 9.13. The molecule has 0 saturated heterocycles. The van der Waals surface area contributed by atoms with E-state index in [1.54, 1.807) is 0 Å². The van der Waals surface area contributed by atoms with Gasteiger partial charge in [0, 0.05) is 0 Å². The van der Waals surface area contributed by atoms with Gasteiger partial charge < -0.3 is 9.47 Å². The maximum absolute atomic E-state index is 13.3. The molecule has 31 heavy (non-hydrogen) atoms. The minimum absolute atomic E-state index is 0.0387. The van der Waals surface area contributed by atoms with Gasteiger partial charge in [-0.3, -0.25) is 0 Å². The van der Waals surface area contributed by atoms with E-state index >= 15 is 0 Å². The first-order valence-electron chi connectivity index (χ1n) is 8.38. The molecule has 0 N–H and O–H groups in total. The minimum atomic E-state index is -3.83. The summed E-state index contributed by atoms with van der Waals surface area (Å²) in [5.74, 6) is 0.982. The molecule has 4 unspecified atom stereocenters. The number of benzene rings is 2. The maximum atomic E-state index is 13.3. The average molecular weight is 966 g/mol. The number of ether oxygens (including phenoxy) is 2. The molecule has 0 aliphatic rings. The van der Waals surface area contributed by atoms with E-state index in [1.807, 2.05) is 13.8 Å². The fraction of sp³-hybridized carbons (Fsp3) is 0.333. The summed E-state index contributed by atoms with van der Waals surface area (Å²) >= 11 is 27.4. The van der Waals surface area contributed by atoms with Gasteiger partial charge in [0.1, 0.15) is 11.5 Å². The molecule has 2 rings (SSSR count). The summed E-state index contributed by atoms with van der Waals surface area (Å²) in [6, 6.07) is 6.06. The molecule has 0 fully saturated rings. The third-order valence-electron chi connectivity index (χ3n) is 3.75. The molecule has 0 spiro atoms. The highest BCUT2D eigenvalue weighted by Crippen LogP contribution is 2.42. The van der Waals surface area contributed by atoms with E-state index in [4.69, 9.17) is 9.47 Å². The van der Waals surface area contributed by atoms with E-state index in [9.17, 15) is 8.42 Å². The van der Waals surface area contributed by atoms with Crippen LogP contribution in [-0.2, 0) is 9.84 Å². The molecule has 4 nitrogen and oxygen atoms in total. The lowest BCUT2D eigenvalue weighted by Gasteiger charge is -2.19. The zero-order chi connectivity index (χ0) is 23.7. The summed E-state index contributed by atoms with van der Waals surface area (Å²) in [5.41, 5.74) is 0. The van der Waals surface area contributed by atoms with Crippen molar-refractivity contribution >= 4 is 137 Å². The third-order valence-corrected chi connectivity index (χ3v) is 12.2. The molecule has 0 aliphatic heterocycles.